The van der Waals surface area contributed by atoms with Crippen molar-refractivity contribution in [1.82, 2.24) is 0 Å². The Morgan fingerprint density at radius 1 is 0.941 bits per heavy atom. The molecule has 0 nitrogen and oxygen atoms in total. The van der Waals surface area contributed by atoms with E-state index in [1.165, 1.54) is 19.3 Å². The van der Waals surface area contributed by atoms with Gasteiger partial charge in [-0.3, -0.25) is 0 Å². The molecule has 0 unspecified atom stereocenters. The predicted octanol–water partition coefficient (Wildman–Crippen LogP) is 5.42. The summed E-state index contributed by atoms with van der Waals surface area (Å²) in [6.07, 6.45) is 13.8. The summed E-state index contributed by atoms with van der Waals surface area (Å²) in [4.78, 5) is 0. The maximum atomic E-state index is 2.59. The zero-order valence-corrected chi connectivity index (χ0v) is 12.1. The molecule has 0 aromatic heterocycles. The molecule has 0 N–H and O–H groups in total. The second-order valence-corrected chi connectivity index (χ2v) is 8.19. The smallest absolute Gasteiger partial charge is 0.0238 e. The molecule has 0 radical (unpaired) electrons. The van der Waals surface area contributed by atoms with Crippen LogP contribution in [0.25, 0.3) is 0 Å². The summed E-state index contributed by atoms with van der Waals surface area (Å²) < 4.78 is 0. The van der Waals surface area contributed by atoms with Gasteiger partial charge in [-0.25, -0.2) is 0 Å². The van der Waals surface area contributed by atoms with E-state index in [1.54, 1.807) is 38.5 Å². The highest BCUT2D eigenvalue weighted by atomic mass is 14.6. The van der Waals surface area contributed by atoms with Gasteiger partial charge in [0.1, 0.15) is 0 Å². The van der Waals surface area contributed by atoms with Crippen molar-refractivity contribution in [1.29, 1.82) is 0 Å². The van der Waals surface area contributed by atoms with Gasteiger partial charge >= 0.3 is 0 Å². The highest BCUT2D eigenvalue weighted by Gasteiger charge is 2.56. The Balaban J connectivity index is 1.81. The average Bonchev–Trinajstić information content (AvgIpc) is 2.24. The average molecular weight is 234 g/mol. The van der Waals surface area contributed by atoms with Gasteiger partial charge in [0.25, 0.3) is 0 Å². The molecule has 4 aliphatic rings. The maximum Gasteiger partial charge on any atom is -0.0238 e. The first-order valence-corrected chi connectivity index (χ1v) is 8.05. The SMILES string of the molecule is CCCCC(C)(C)C12CC3CC(CC(C3)C1)C2. The van der Waals surface area contributed by atoms with Gasteiger partial charge in [-0.15, -0.1) is 0 Å². The molecule has 0 heterocycles. The molecule has 0 aliphatic heterocycles. The summed E-state index contributed by atoms with van der Waals surface area (Å²) in [5, 5.41) is 0. The Labute approximate surface area is 108 Å². The van der Waals surface area contributed by atoms with Gasteiger partial charge in [-0.1, -0.05) is 33.6 Å². The third kappa shape index (κ3) is 1.87. The summed E-state index contributed by atoms with van der Waals surface area (Å²) in [5.41, 5.74) is 1.36. The van der Waals surface area contributed by atoms with Crippen molar-refractivity contribution in [3.63, 3.8) is 0 Å². The molecule has 0 atom stereocenters. The Morgan fingerprint density at radius 2 is 1.41 bits per heavy atom. The highest BCUT2D eigenvalue weighted by Crippen LogP contribution is 2.66. The van der Waals surface area contributed by atoms with Crippen LogP contribution in [-0.2, 0) is 0 Å². The molecule has 17 heavy (non-hydrogen) atoms. The number of hydrogen-bond donors (Lipinski definition) is 0. The Bertz CT molecular complexity index is 251. The normalized spacial score (nSPS) is 44.3. The predicted molar refractivity (Wildman–Crippen MR) is 73.9 cm³/mol. The van der Waals surface area contributed by atoms with Crippen molar-refractivity contribution in [2.24, 2.45) is 28.6 Å². The van der Waals surface area contributed by atoms with E-state index in [9.17, 15) is 0 Å². The van der Waals surface area contributed by atoms with E-state index in [1.807, 2.05) is 0 Å². The number of hydrogen-bond acceptors (Lipinski definition) is 0. The van der Waals surface area contributed by atoms with Crippen molar-refractivity contribution < 1.29 is 0 Å². The van der Waals surface area contributed by atoms with Crippen LogP contribution >= 0.6 is 0 Å². The van der Waals surface area contributed by atoms with Crippen LogP contribution < -0.4 is 0 Å². The largest absolute Gasteiger partial charge is 0.0654 e. The van der Waals surface area contributed by atoms with Crippen molar-refractivity contribution in [2.75, 3.05) is 0 Å². The molecular formula is C17H30. The Kier molecular flexibility index (Phi) is 2.84. The van der Waals surface area contributed by atoms with Crippen LogP contribution in [0.5, 0.6) is 0 Å². The monoisotopic (exact) mass is 234 g/mol. The lowest BCUT2D eigenvalue weighted by Crippen LogP contribution is -2.52. The first kappa shape index (κ1) is 12.1. The molecule has 0 spiro atoms. The van der Waals surface area contributed by atoms with Gasteiger partial charge in [-0.2, -0.15) is 0 Å². The highest BCUT2D eigenvalue weighted by molar-refractivity contribution is 5.06. The second-order valence-electron chi connectivity index (χ2n) is 8.19. The van der Waals surface area contributed by atoms with Gasteiger partial charge in [0, 0.05) is 0 Å². The molecule has 0 heteroatoms. The summed E-state index contributed by atoms with van der Waals surface area (Å²) in [6, 6.07) is 0. The summed E-state index contributed by atoms with van der Waals surface area (Å²) in [6.45, 7) is 7.53. The second kappa shape index (κ2) is 4.00. The van der Waals surface area contributed by atoms with Gasteiger partial charge in [0.15, 0.2) is 0 Å². The fourth-order valence-corrected chi connectivity index (χ4v) is 5.82. The number of unbranched alkanes of at least 4 members (excludes halogenated alkanes) is 1. The van der Waals surface area contributed by atoms with E-state index in [2.05, 4.69) is 20.8 Å². The summed E-state index contributed by atoms with van der Waals surface area (Å²) in [5.74, 6) is 3.34. The standard InChI is InChI=1S/C17H30/c1-4-5-6-16(2,3)17-10-13-7-14(11-17)9-15(8-13)12-17/h13-15H,4-12H2,1-3H3. The molecule has 0 aromatic carbocycles. The molecule has 4 fully saturated rings. The minimum Gasteiger partial charge on any atom is -0.0654 e. The molecule has 0 saturated heterocycles. The van der Waals surface area contributed by atoms with Crippen LogP contribution in [-0.4, -0.2) is 0 Å². The lowest BCUT2D eigenvalue weighted by molar-refractivity contribution is -0.122. The first-order chi connectivity index (χ1) is 8.05. The van der Waals surface area contributed by atoms with E-state index >= 15 is 0 Å². The molecule has 0 amide bonds. The molecule has 4 aliphatic carbocycles. The van der Waals surface area contributed by atoms with Crippen LogP contribution in [0.3, 0.4) is 0 Å². The zero-order valence-electron chi connectivity index (χ0n) is 12.1. The van der Waals surface area contributed by atoms with E-state index in [4.69, 9.17) is 0 Å². The van der Waals surface area contributed by atoms with Gasteiger partial charge in [0.05, 0.1) is 0 Å². The van der Waals surface area contributed by atoms with Crippen LogP contribution in [0.15, 0.2) is 0 Å². The maximum absolute atomic E-state index is 2.59. The van der Waals surface area contributed by atoms with Crippen molar-refractivity contribution in [3.05, 3.63) is 0 Å². The van der Waals surface area contributed by atoms with Crippen LogP contribution in [0.2, 0.25) is 0 Å². The van der Waals surface area contributed by atoms with E-state index in [0.717, 1.165) is 23.2 Å². The van der Waals surface area contributed by atoms with Crippen molar-refractivity contribution in [2.45, 2.75) is 78.6 Å². The number of rotatable bonds is 4. The minimum absolute atomic E-state index is 0.610. The van der Waals surface area contributed by atoms with Gasteiger partial charge < -0.3 is 0 Å². The molecule has 4 saturated carbocycles. The lowest BCUT2D eigenvalue weighted by Gasteiger charge is -2.62. The minimum atomic E-state index is 0.610. The lowest BCUT2D eigenvalue weighted by atomic mass is 9.42. The fraction of sp³-hybridized carbons (Fsp3) is 1.00. The quantitative estimate of drug-likeness (QED) is 0.609. The summed E-state index contributed by atoms with van der Waals surface area (Å²) >= 11 is 0. The topological polar surface area (TPSA) is 0 Å². The third-order valence-electron chi connectivity index (χ3n) is 6.63. The fourth-order valence-electron chi connectivity index (χ4n) is 5.82. The van der Waals surface area contributed by atoms with Crippen molar-refractivity contribution in [3.8, 4) is 0 Å². The van der Waals surface area contributed by atoms with Gasteiger partial charge in [0.2, 0.25) is 0 Å². The van der Waals surface area contributed by atoms with Crippen LogP contribution in [0, 0.1) is 28.6 Å². The van der Waals surface area contributed by atoms with Crippen LogP contribution in [0.4, 0.5) is 0 Å². The molecule has 0 aromatic rings. The summed E-state index contributed by atoms with van der Waals surface area (Å²) in [7, 11) is 0. The molecule has 4 rings (SSSR count). The molecule has 98 valence electrons. The zero-order chi connectivity index (χ0) is 12.1. The Hall–Kier alpha value is 0. The van der Waals surface area contributed by atoms with E-state index < -0.39 is 0 Å². The molecular weight excluding hydrogens is 204 g/mol. The van der Waals surface area contributed by atoms with Crippen LogP contribution in [0.1, 0.15) is 78.6 Å². The third-order valence-corrected chi connectivity index (χ3v) is 6.63. The van der Waals surface area contributed by atoms with E-state index in [-0.39, 0.29) is 0 Å². The van der Waals surface area contributed by atoms with Gasteiger partial charge in [-0.05, 0) is 73.5 Å². The Morgan fingerprint density at radius 3 is 1.82 bits per heavy atom. The first-order valence-electron chi connectivity index (χ1n) is 8.05. The molecule has 4 bridgehead atoms. The van der Waals surface area contributed by atoms with E-state index in [0.29, 0.717) is 5.41 Å². The van der Waals surface area contributed by atoms with Crippen molar-refractivity contribution >= 4 is 0 Å².